The largest absolute Gasteiger partial charge is 0.438 e. The predicted octanol–water partition coefficient (Wildman–Crippen LogP) is 6.38. The molecule has 39 heavy (non-hydrogen) atoms. The molecule has 0 saturated heterocycles. The monoisotopic (exact) mass is 509 g/mol. The normalized spacial score (nSPS) is 11.0. The first-order valence-corrected chi connectivity index (χ1v) is 12.4. The van der Waals surface area contributed by atoms with E-state index in [1.54, 1.807) is 9.08 Å². The molecule has 0 saturated carbocycles. The van der Waals surface area contributed by atoms with Gasteiger partial charge in [0.15, 0.2) is 5.65 Å². The number of benzene rings is 3. The summed E-state index contributed by atoms with van der Waals surface area (Å²) in [5, 5.41) is 25.7. The summed E-state index contributed by atoms with van der Waals surface area (Å²) in [6, 6.07) is 27.5. The van der Waals surface area contributed by atoms with Crippen molar-refractivity contribution in [3.63, 3.8) is 0 Å². The van der Waals surface area contributed by atoms with Crippen LogP contribution in [0.3, 0.4) is 0 Å². The van der Waals surface area contributed by atoms with E-state index in [2.05, 4.69) is 12.1 Å². The molecule has 2 N–H and O–H groups in total. The number of aryl methyl sites for hydroxylation is 3. The number of anilines is 1. The second kappa shape index (κ2) is 9.05. The van der Waals surface area contributed by atoms with E-state index >= 15 is 0 Å². The van der Waals surface area contributed by atoms with Crippen LogP contribution in [0.1, 0.15) is 27.9 Å². The molecule has 0 amide bonds. The number of imidazole rings is 1. The van der Waals surface area contributed by atoms with E-state index in [-0.39, 0.29) is 16.9 Å². The number of aromatic nitrogens is 4. The van der Waals surface area contributed by atoms with E-state index in [1.807, 2.05) is 93.6 Å². The number of nitrogens with zero attached hydrogens (tertiary/aromatic N) is 6. The fourth-order valence-electron chi connectivity index (χ4n) is 4.90. The zero-order valence-electron chi connectivity index (χ0n) is 21.6. The molecule has 3 aromatic carbocycles. The molecule has 6 aromatic rings. The summed E-state index contributed by atoms with van der Waals surface area (Å²) in [7, 11) is 0. The lowest BCUT2D eigenvalue weighted by atomic mass is 9.96. The van der Waals surface area contributed by atoms with Gasteiger partial charge in [-0.05, 0) is 62.7 Å². The molecule has 8 nitrogen and oxygen atoms in total. The van der Waals surface area contributed by atoms with Gasteiger partial charge in [-0.15, -0.1) is 0 Å². The van der Waals surface area contributed by atoms with Gasteiger partial charge in [0, 0.05) is 5.56 Å². The summed E-state index contributed by atoms with van der Waals surface area (Å²) in [4.78, 5) is 4.77. The maximum Gasteiger partial charge on any atom is 0.230 e. The van der Waals surface area contributed by atoms with Gasteiger partial charge in [0.25, 0.3) is 0 Å². The fourth-order valence-corrected chi connectivity index (χ4v) is 4.90. The second-order valence-electron chi connectivity index (χ2n) is 9.42. The zero-order chi connectivity index (χ0) is 27.3. The Morgan fingerprint density at radius 2 is 1.51 bits per heavy atom. The standard InChI is InChI=1S/C31H23N7O/c1-18-9-12-21(13-10-18)38-31(39-22-7-5-4-6-8-22)27(20(3)36-38)28-23(16-32)29(34)37-26-14-11-19(2)15-25(26)35-30(37)24(28)17-33/h4-15H,34H2,1-3H3. The van der Waals surface area contributed by atoms with Gasteiger partial charge in [-0.25, -0.2) is 4.98 Å². The van der Waals surface area contributed by atoms with Crippen LogP contribution in [0.4, 0.5) is 5.82 Å². The lowest BCUT2D eigenvalue weighted by Gasteiger charge is -2.15. The molecule has 6 rings (SSSR count). The number of hydrogen-bond donors (Lipinski definition) is 1. The molecule has 0 aliphatic rings. The smallest absolute Gasteiger partial charge is 0.230 e. The van der Waals surface area contributed by atoms with Gasteiger partial charge in [0.2, 0.25) is 5.88 Å². The van der Waals surface area contributed by atoms with Gasteiger partial charge in [0.1, 0.15) is 34.8 Å². The van der Waals surface area contributed by atoms with Crippen molar-refractivity contribution < 1.29 is 4.74 Å². The van der Waals surface area contributed by atoms with Gasteiger partial charge in [-0.1, -0.05) is 42.0 Å². The third-order valence-corrected chi connectivity index (χ3v) is 6.76. The average Bonchev–Trinajstić information content (AvgIpc) is 3.46. The number of nitrogen functional groups attached to an aromatic ring is 1. The SMILES string of the molecule is Cc1ccc(-n2nc(C)c(-c3c(C#N)c(N)n4c(nc5cc(C)ccc54)c3C#N)c2Oc2ccccc2)cc1. The highest BCUT2D eigenvalue weighted by atomic mass is 16.5. The summed E-state index contributed by atoms with van der Waals surface area (Å²) < 4.78 is 9.80. The number of nitriles is 2. The van der Waals surface area contributed by atoms with E-state index < -0.39 is 0 Å². The van der Waals surface area contributed by atoms with Gasteiger partial charge < -0.3 is 10.5 Å². The third-order valence-electron chi connectivity index (χ3n) is 6.76. The first-order chi connectivity index (χ1) is 18.9. The maximum atomic E-state index is 10.5. The maximum absolute atomic E-state index is 10.5. The Morgan fingerprint density at radius 3 is 2.21 bits per heavy atom. The summed E-state index contributed by atoms with van der Waals surface area (Å²) in [5.74, 6) is 1.15. The molecule has 0 bridgehead atoms. The van der Waals surface area contributed by atoms with Crippen LogP contribution in [-0.4, -0.2) is 19.2 Å². The van der Waals surface area contributed by atoms with Crippen molar-refractivity contribution in [2.75, 3.05) is 5.73 Å². The molecule has 0 aliphatic carbocycles. The number of para-hydroxylation sites is 1. The lowest BCUT2D eigenvalue weighted by Crippen LogP contribution is -2.06. The van der Waals surface area contributed by atoms with Crippen LogP contribution in [0.2, 0.25) is 0 Å². The van der Waals surface area contributed by atoms with E-state index in [0.29, 0.717) is 39.6 Å². The molecule has 0 spiro atoms. The quantitative estimate of drug-likeness (QED) is 0.294. The van der Waals surface area contributed by atoms with Crippen molar-refractivity contribution >= 4 is 22.5 Å². The van der Waals surface area contributed by atoms with E-state index in [1.165, 1.54) is 0 Å². The van der Waals surface area contributed by atoms with Crippen LogP contribution in [0, 0.1) is 43.4 Å². The number of rotatable bonds is 4. The molecule has 0 fully saturated rings. The van der Waals surface area contributed by atoms with Crippen molar-refractivity contribution in [3.8, 4) is 40.6 Å². The number of pyridine rings is 1. The molecule has 188 valence electrons. The number of hydrogen-bond acceptors (Lipinski definition) is 6. The number of ether oxygens (including phenoxy) is 1. The Bertz CT molecular complexity index is 1990. The van der Waals surface area contributed by atoms with Gasteiger partial charge >= 0.3 is 0 Å². The molecular formula is C31H23N7O. The van der Waals surface area contributed by atoms with Crippen molar-refractivity contribution in [2.24, 2.45) is 0 Å². The minimum Gasteiger partial charge on any atom is -0.438 e. The molecule has 0 unspecified atom stereocenters. The van der Waals surface area contributed by atoms with Crippen LogP contribution in [0.5, 0.6) is 11.6 Å². The third kappa shape index (κ3) is 3.75. The first-order valence-electron chi connectivity index (χ1n) is 12.4. The summed E-state index contributed by atoms with van der Waals surface area (Å²) >= 11 is 0. The summed E-state index contributed by atoms with van der Waals surface area (Å²) in [6.07, 6.45) is 0. The Balaban J connectivity index is 1.73. The Morgan fingerprint density at radius 1 is 0.821 bits per heavy atom. The topological polar surface area (TPSA) is 118 Å². The van der Waals surface area contributed by atoms with Crippen molar-refractivity contribution in [1.82, 2.24) is 19.2 Å². The molecule has 8 heteroatoms. The van der Waals surface area contributed by atoms with E-state index in [9.17, 15) is 10.5 Å². The highest BCUT2D eigenvalue weighted by molar-refractivity contribution is 5.94. The number of fused-ring (bicyclic) bond motifs is 3. The van der Waals surface area contributed by atoms with E-state index in [0.717, 1.165) is 22.3 Å². The Hall–Kier alpha value is -5.60. The van der Waals surface area contributed by atoms with Crippen molar-refractivity contribution in [1.29, 1.82) is 10.5 Å². The highest BCUT2D eigenvalue weighted by Gasteiger charge is 2.30. The zero-order valence-corrected chi connectivity index (χ0v) is 21.6. The van der Waals surface area contributed by atoms with Crippen molar-refractivity contribution in [3.05, 3.63) is 101 Å². The molecule has 3 aromatic heterocycles. The van der Waals surface area contributed by atoms with Crippen LogP contribution >= 0.6 is 0 Å². The minimum absolute atomic E-state index is 0.156. The van der Waals surface area contributed by atoms with Crippen molar-refractivity contribution in [2.45, 2.75) is 20.8 Å². The Kier molecular flexibility index (Phi) is 5.52. The molecular weight excluding hydrogens is 486 g/mol. The average molecular weight is 510 g/mol. The van der Waals surface area contributed by atoms with Crippen LogP contribution in [0.15, 0.2) is 72.8 Å². The second-order valence-corrected chi connectivity index (χ2v) is 9.42. The van der Waals surface area contributed by atoms with Gasteiger partial charge in [-0.3, -0.25) is 4.40 Å². The molecule has 3 heterocycles. The predicted molar refractivity (Wildman–Crippen MR) is 150 cm³/mol. The van der Waals surface area contributed by atoms with Crippen LogP contribution < -0.4 is 10.5 Å². The minimum atomic E-state index is 0.156. The van der Waals surface area contributed by atoms with Crippen LogP contribution in [-0.2, 0) is 0 Å². The molecule has 0 atom stereocenters. The summed E-state index contributed by atoms with van der Waals surface area (Å²) in [6.45, 7) is 5.81. The summed E-state index contributed by atoms with van der Waals surface area (Å²) in [5.41, 5.74) is 13.1. The Labute approximate surface area is 224 Å². The molecule has 0 aliphatic heterocycles. The highest BCUT2D eigenvalue weighted by Crippen LogP contribution is 2.44. The van der Waals surface area contributed by atoms with Gasteiger partial charge in [-0.2, -0.15) is 20.3 Å². The van der Waals surface area contributed by atoms with Crippen LogP contribution in [0.25, 0.3) is 33.5 Å². The van der Waals surface area contributed by atoms with Gasteiger partial charge in [0.05, 0.1) is 28.0 Å². The lowest BCUT2D eigenvalue weighted by molar-refractivity contribution is 0.446. The fraction of sp³-hybridized carbons (Fsp3) is 0.0968. The van der Waals surface area contributed by atoms with E-state index in [4.69, 9.17) is 20.6 Å². The number of nitrogens with two attached hydrogens (primary N) is 1. The molecule has 0 radical (unpaired) electrons. The first kappa shape index (κ1) is 23.8.